The lowest BCUT2D eigenvalue weighted by molar-refractivity contribution is -0.137. The van der Waals surface area contributed by atoms with Crippen molar-refractivity contribution in [1.29, 1.82) is 5.26 Å². The summed E-state index contributed by atoms with van der Waals surface area (Å²) in [7, 11) is 0. The third kappa shape index (κ3) is 4.43. The van der Waals surface area contributed by atoms with Crippen molar-refractivity contribution in [2.45, 2.75) is 37.5 Å². The molecule has 1 saturated heterocycles. The average molecular weight is 472 g/mol. The molecule has 0 spiro atoms. The van der Waals surface area contributed by atoms with E-state index in [2.05, 4.69) is 10.2 Å². The predicted octanol–water partition coefficient (Wildman–Crippen LogP) is 5.24. The van der Waals surface area contributed by atoms with E-state index in [0.29, 0.717) is 31.4 Å². The molecular formula is C24H23F3N4O3. The number of hydrogen-bond donors (Lipinski definition) is 2. The van der Waals surface area contributed by atoms with E-state index in [0.717, 1.165) is 17.7 Å². The van der Waals surface area contributed by atoms with Crippen molar-refractivity contribution < 1.29 is 27.8 Å². The van der Waals surface area contributed by atoms with Crippen LogP contribution >= 0.6 is 0 Å². The Morgan fingerprint density at radius 1 is 1.29 bits per heavy atom. The molecule has 2 heterocycles. The van der Waals surface area contributed by atoms with Crippen molar-refractivity contribution in [2.75, 3.05) is 19.7 Å². The molecule has 1 aliphatic rings. The molecule has 0 radical (unpaired) electrons. The number of alkyl halides is 3. The fourth-order valence-electron chi connectivity index (χ4n) is 4.53. The molecule has 4 rings (SSSR count). The lowest BCUT2D eigenvalue weighted by Gasteiger charge is -2.41. The normalized spacial score (nSPS) is 16.9. The van der Waals surface area contributed by atoms with Crippen LogP contribution in [0.2, 0.25) is 0 Å². The van der Waals surface area contributed by atoms with Crippen molar-refractivity contribution in [3.8, 4) is 6.07 Å². The maximum Gasteiger partial charge on any atom is 0.416 e. The zero-order valence-electron chi connectivity index (χ0n) is 18.4. The minimum atomic E-state index is -4.60. The van der Waals surface area contributed by atoms with Gasteiger partial charge >= 0.3 is 12.3 Å². The van der Waals surface area contributed by atoms with Gasteiger partial charge in [0.2, 0.25) is 0 Å². The number of aromatic amines is 1. The highest BCUT2D eigenvalue weighted by atomic mass is 19.4. The molecule has 0 bridgehead atoms. The van der Waals surface area contributed by atoms with E-state index < -0.39 is 29.4 Å². The third-order valence-electron chi connectivity index (χ3n) is 6.56. The Morgan fingerprint density at radius 2 is 1.97 bits per heavy atom. The molecular weight excluding hydrogens is 449 g/mol. The van der Waals surface area contributed by atoms with Gasteiger partial charge < -0.3 is 14.7 Å². The first kappa shape index (κ1) is 23.6. The number of nitrogens with zero attached hydrogens (tertiary/aromatic N) is 3. The highest BCUT2D eigenvalue weighted by Gasteiger charge is 2.39. The molecule has 1 fully saturated rings. The van der Waals surface area contributed by atoms with Gasteiger partial charge in [-0.05, 0) is 37.5 Å². The van der Waals surface area contributed by atoms with Crippen LogP contribution in [0, 0.1) is 11.3 Å². The van der Waals surface area contributed by atoms with Crippen LogP contribution in [0.3, 0.4) is 0 Å². The fourth-order valence-corrected chi connectivity index (χ4v) is 4.53. The van der Waals surface area contributed by atoms with Gasteiger partial charge in [-0.3, -0.25) is 5.10 Å². The van der Waals surface area contributed by atoms with Crippen LogP contribution in [0.4, 0.5) is 18.0 Å². The second-order valence-corrected chi connectivity index (χ2v) is 8.54. The van der Waals surface area contributed by atoms with E-state index in [1.807, 2.05) is 36.4 Å². The van der Waals surface area contributed by atoms with Gasteiger partial charge in [-0.15, -0.1) is 0 Å². The zero-order chi connectivity index (χ0) is 24.5. The molecule has 1 aliphatic heterocycles. The SMILES string of the molecule is CC(OCC1(c2ccccc2)CCN(C(=O)O)CC1)c1cc(C(F)(F)F)cc2c(C#N)n[nH]c12. The number of amides is 1. The Balaban J connectivity index is 1.65. The van der Waals surface area contributed by atoms with E-state index in [-0.39, 0.29) is 23.3 Å². The Morgan fingerprint density at radius 3 is 2.56 bits per heavy atom. The number of carbonyl (C=O) groups is 1. The van der Waals surface area contributed by atoms with Gasteiger partial charge in [-0.25, -0.2) is 4.79 Å². The number of rotatable bonds is 5. The molecule has 2 N–H and O–H groups in total. The van der Waals surface area contributed by atoms with Crippen LogP contribution in [0.5, 0.6) is 0 Å². The molecule has 1 amide bonds. The summed E-state index contributed by atoms with van der Waals surface area (Å²) in [6.07, 6.45) is -5.26. The van der Waals surface area contributed by atoms with Gasteiger partial charge in [0.1, 0.15) is 6.07 Å². The third-order valence-corrected chi connectivity index (χ3v) is 6.56. The summed E-state index contributed by atoms with van der Waals surface area (Å²) in [6, 6.07) is 13.4. The van der Waals surface area contributed by atoms with E-state index in [4.69, 9.17) is 4.74 Å². The minimum absolute atomic E-state index is 0.0929. The number of fused-ring (bicyclic) bond motifs is 1. The van der Waals surface area contributed by atoms with E-state index >= 15 is 0 Å². The first-order valence-corrected chi connectivity index (χ1v) is 10.8. The molecule has 0 aliphatic carbocycles. The predicted molar refractivity (Wildman–Crippen MR) is 117 cm³/mol. The first-order chi connectivity index (χ1) is 16.1. The van der Waals surface area contributed by atoms with E-state index in [9.17, 15) is 28.3 Å². The molecule has 7 nitrogen and oxygen atoms in total. The summed E-state index contributed by atoms with van der Waals surface area (Å²) in [6.45, 7) is 2.53. The van der Waals surface area contributed by atoms with Crippen molar-refractivity contribution in [1.82, 2.24) is 15.1 Å². The highest BCUT2D eigenvalue weighted by molar-refractivity contribution is 5.87. The first-order valence-electron chi connectivity index (χ1n) is 10.8. The quantitative estimate of drug-likeness (QED) is 0.529. The van der Waals surface area contributed by atoms with Gasteiger partial charge in [0.15, 0.2) is 5.69 Å². The highest BCUT2D eigenvalue weighted by Crippen LogP contribution is 2.39. The Labute approximate surface area is 193 Å². The smallest absolute Gasteiger partial charge is 0.416 e. The van der Waals surface area contributed by atoms with Crippen LogP contribution in [0.1, 0.15) is 48.3 Å². The number of piperidine rings is 1. The fraction of sp³-hybridized carbons (Fsp3) is 0.375. The number of nitrogens with one attached hydrogen (secondary N) is 1. The summed E-state index contributed by atoms with van der Waals surface area (Å²) >= 11 is 0. The Bertz CT molecular complexity index is 1230. The molecule has 3 aromatic rings. The van der Waals surface area contributed by atoms with Crippen LogP contribution in [-0.4, -0.2) is 46.0 Å². The minimum Gasteiger partial charge on any atom is -0.465 e. The standard InChI is InChI=1S/C24H23F3N4O3/c1-15(18-11-17(24(25,26)27)12-19-20(13-28)29-30-21(18)19)34-14-23(16-5-3-2-4-6-16)7-9-31(10-8-23)22(32)33/h2-6,11-12,15H,7-10,14H2,1H3,(H,29,30)(H,32,33). The van der Waals surface area contributed by atoms with E-state index in [1.165, 1.54) is 4.90 Å². The van der Waals surface area contributed by atoms with Crippen molar-refractivity contribution in [3.63, 3.8) is 0 Å². The number of hydrogen-bond acceptors (Lipinski definition) is 4. The molecule has 10 heteroatoms. The molecule has 1 atom stereocenters. The van der Waals surface area contributed by atoms with Crippen LogP contribution in [0.15, 0.2) is 42.5 Å². The number of halogens is 3. The monoisotopic (exact) mass is 472 g/mol. The largest absolute Gasteiger partial charge is 0.465 e. The van der Waals surface area contributed by atoms with Crippen molar-refractivity contribution in [2.24, 2.45) is 0 Å². The summed E-state index contributed by atoms with van der Waals surface area (Å²) < 4.78 is 46.8. The number of H-pyrrole nitrogens is 1. The number of likely N-dealkylation sites (tertiary alicyclic amines) is 1. The Kier molecular flexibility index (Phi) is 6.23. The van der Waals surface area contributed by atoms with E-state index in [1.54, 1.807) is 6.92 Å². The second-order valence-electron chi connectivity index (χ2n) is 8.54. The lowest BCUT2D eigenvalue weighted by Crippen LogP contribution is -2.47. The molecule has 1 unspecified atom stereocenters. The number of carboxylic acid groups (broad SMARTS) is 1. The summed E-state index contributed by atoms with van der Waals surface area (Å²) in [5.41, 5.74) is 0.104. The van der Waals surface area contributed by atoms with Crippen LogP contribution in [-0.2, 0) is 16.3 Å². The molecule has 2 aromatic carbocycles. The summed E-state index contributed by atoms with van der Waals surface area (Å²) in [5.74, 6) is 0. The van der Waals surface area contributed by atoms with Gasteiger partial charge in [0, 0.05) is 29.5 Å². The van der Waals surface area contributed by atoms with Crippen molar-refractivity contribution in [3.05, 3.63) is 64.8 Å². The average Bonchev–Trinajstić information content (AvgIpc) is 3.25. The second kappa shape index (κ2) is 8.99. The Hall–Kier alpha value is -3.58. The topological polar surface area (TPSA) is 102 Å². The molecule has 178 valence electrons. The number of ether oxygens (including phenoxy) is 1. The van der Waals surface area contributed by atoms with Gasteiger partial charge in [0.05, 0.1) is 23.8 Å². The molecule has 34 heavy (non-hydrogen) atoms. The zero-order valence-corrected chi connectivity index (χ0v) is 18.4. The lowest BCUT2D eigenvalue weighted by atomic mass is 9.73. The van der Waals surface area contributed by atoms with Gasteiger partial charge in [0.25, 0.3) is 0 Å². The maximum absolute atomic E-state index is 13.6. The maximum atomic E-state index is 13.6. The number of nitriles is 1. The van der Waals surface area contributed by atoms with Crippen LogP contribution < -0.4 is 0 Å². The molecule has 0 saturated carbocycles. The summed E-state index contributed by atoms with van der Waals surface area (Å²) in [5, 5.41) is 25.2. The number of benzene rings is 2. The van der Waals surface area contributed by atoms with Gasteiger partial charge in [-0.2, -0.15) is 23.5 Å². The summed E-state index contributed by atoms with van der Waals surface area (Å²) in [4.78, 5) is 12.7. The van der Waals surface area contributed by atoms with Crippen molar-refractivity contribution >= 4 is 17.0 Å². The number of aromatic nitrogens is 2. The van der Waals surface area contributed by atoms with Gasteiger partial charge in [-0.1, -0.05) is 30.3 Å². The van der Waals surface area contributed by atoms with Crippen LogP contribution in [0.25, 0.3) is 10.9 Å². The molecule has 1 aromatic heterocycles.